The molecule has 1 aromatic heterocycles. The van der Waals surface area contributed by atoms with E-state index in [4.69, 9.17) is 0 Å². The fourth-order valence-electron chi connectivity index (χ4n) is 3.68. The summed E-state index contributed by atoms with van der Waals surface area (Å²) in [5.41, 5.74) is 5.73. The van der Waals surface area contributed by atoms with Crippen molar-refractivity contribution < 1.29 is 4.79 Å². The molecule has 0 spiro atoms. The Morgan fingerprint density at radius 2 is 1.85 bits per heavy atom. The van der Waals surface area contributed by atoms with Crippen LogP contribution < -0.4 is 0 Å². The third kappa shape index (κ3) is 3.44. The average molecular weight is 378 g/mol. The number of carbonyl (C=O) groups is 1. The number of thioether (sulfide) groups is 1. The number of hydrogen-bond acceptors (Lipinski definition) is 4. The van der Waals surface area contributed by atoms with Crippen LogP contribution in [0.1, 0.15) is 46.2 Å². The van der Waals surface area contributed by atoms with Crippen molar-refractivity contribution >= 4 is 17.5 Å². The third-order valence-corrected chi connectivity index (χ3v) is 6.23. The van der Waals surface area contributed by atoms with Gasteiger partial charge in [0.05, 0.1) is 10.9 Å². The first-order chi connectivity index (χ1) is 13.0. The van der Waals surface area contributed by atoms with Crippen LogP contribution in [-0.2, 0) is 12.8 Å². The number of Topliss-reactive ketones (excluding diaryl/α,β-unsaturated/α-hetero) is 1. The lowest BCUT2D eigenvalue weighted by molar-refractivity contribution is 0.0993. The van der Waals surface area contributed by atoms with Crippen LogP contribution in [0.25, 0.3) is 5.69 Å². The third-order valence-electron chi connectivity index (χ3n) is 5.19. The molecule has 0 N–H and O–H groups in total. The van der Waals surface area contributed by atoms with E-state index < -0.39 is 0 Å². The van der Waals surface area contributed by atoms with Crippen LogP contribution in [0, 0.1) is 13.8 Å². The molecular formula is C22H23N3OS. The molecule has 1 atom stereocenters. The summed E-state index contributed by atoms with van der Waals surface area (Å²) in [4.78, 5) is 13.0. The number of hydrogen-bond donors (Lipinski definition) is 0. The van der Waals surface area contributed by atoms with Gasteiger partial charge in [0.15, 0.2) is 10.9 Å². The summed E-state index contributed by atoms with van der Waals surface area (Å²) in [5.74, 6) is 0.968. The Labute approximate surface area is 164 Å². The lowest BCUT2D eigenvalue weighted by Gasteiger charge is -2.14. The molecule has 4 rings (SSSR count). The Kier molecular flexibility index (Phi) is 4.87. The van der Waals surface area contributed by atoms with Gasteiger partial charge in [-0.1, -0.05) is 42.1 Å². The van der Waals surface area contributed by atoms with Crippen LogP contribution >= 0.6 is 11.8 Å². The molecule has 0 bridgehead atoms. The molecule has 4 nitrogen and oxygen atoms in total. The molecule has 27 heavy (non-hydrogen) atoms. The highest BCUT2D eigenvalue weighted by Gasteiger charge is 2.23. The zero-order valence-electron chi connectivity index (χ0n) is 15.9. The minimum Gasteiger partial charge on any atom is -0.293 e. The summed E-state index contributed by atoms with van der Waals surface area (Å²) in [6, 6.07) is 14.3. The van der Waals surface area contributed by atoms with E-state index in [1.807, 2.05) is 36.6 Å². The highest BCUT2D eigenvalue weighted by Crippen LogP contribution is 2.30. The first kappa shape index (κ1) is 18.0. The molecule has 0 saturated carbocycles. The van der Waals surface area contributed by atoms with E-state index in [1.165, 1.54) is 29.3 Å². The molecule has 1 unspecified atom stereocenters. The van der Waals surface area contributed by atoms with Crippen molar-refractivity contribution in [3.63, 3.8) is 0 Å². The number of aromatic nitrogens is 3. The van der Waals surface area contributed by atoms with Gasteiger partial charge in [0.25, 0.3) is 0 Å². The molecule has 0 fully saturated rings. The van der Waals surface area contributed by atoms with Crippen LogP contribution in [0.3, 0.4) is 0 Å². The first-order valence-corrected chi connectivity index (χ1v) is 10.2. The number of rotatable bonds is 5. The molecule has 1 heterocycles. The minimum absolute atomic E-state index is 0.145. The zero-order chi connectivity index (χ0) is 19.0. The van der Waals surface area contributed by atoms with Crippen molar-refractivity contribution in [3.05, 3.63) is 70.5 Å². The highest BCUT2D eigenvalue weighted by atomic mass is 32.2. The topological polar surface area (TPSA) is 47.8 Å². The van der Waals surface area contributed by atoms with Crippen LogP contribution in [0.5, 0.6) is 0 Å². The number of para-hydroxylation sites is 1. The maximum absolute atomic E-state index is 13.0. The van der Waals surface area contributed by atoms with Gasteiger partial charge >= 0.3 is 0 Å². The van der Waals surface area contributed by atoms with E-state index in [-0.39, 0.29) is 11.0 Å². The lowest BCUT2D eigenvalue weighted by atomic mass is 10.0. The normalized spacial score (nSPS) is 14.2. The Morgan fingerprint density at radius 3 is 2.67 bits per heavy atom. The number of fused-ring (bicyclic) bond motifs is 1. The number of ketones is 1. The fraction of sp³-hybridized carbons (Fsp3) is 0.318. The SMILES string of the molecule is Cc1ccccc1-n1c(C)nnc1SC(C)C(=O)c1ccc2c(c1)CCC2. The predicted molar refractivity (Wildman–Crippen MR) is 109 cm³/mol. The fourth-order valence-corrected chi connectivity index (χ4v) is 4.67. The van der Waals surface area contributed by atoms with E-state index >= 15 is 0 Å². The molecule has 3 aromatic rings. The van der Waals surface area contributed by atoms with Crippen LogP contribution in [-0.4, -0.2) is 25.8 Å². The Balaban J connectivity index is 1.60. The monoisotopic (exact) mass is 377 g/mol. The molecule has 1 aliphatic rings. The molecule has 1 aliphatic carbocycles. The maximum atomic E-state index is 13.0. The first-order valence-electron chi connectivity index (χ1n) is 9.35. The van der Waals surface area contributed by atoms with Crippen LogP contribution in [0.15, 0.2) is 47.6 Å². The van der Waals surface area contributed by atoms with Gasteiger partial charge in [-0.05, 0) is 68.9 Å². The van der Waals surface area contributed by atoms with Crippen molar-refractivity contribution in [2.75, 3.05) is 0 Å². The molecule has 138 valence electrons. The maximum Gasteiger partial charge on any atom is 0.196 e. The summed E-state index contributed by atoms with van der Waals surface area (Å²) in [7, 11) is 0. The summed E-state index contributed by atoms with van der Waals surface area (Å²) in [6.07, 6.45) is 3.40. The van der Waals surface area contributed by atoms with E-state index in [0.29, 0.717) is 0 Å². The van der Waals surface area contributed by atoms with Crippen LogP contribution in [0.2, 0.25) is 0 Å². The van der Waals surface area contributed by atoms with Gasteiger partial charge in [-0.15, -0.1) is 10.2 Å². The Hall–Kier alpha value is -2.40. The Morgan fingerprint density at radius 1 is 1.07 bits per heavy atom. The zero-order valence-corrected chi connectivity index (χ0v) is 16.7. The van der Waals surface area contributed by atoms with Gasteiger partial charge < -0.3 is 0 Å². The second-order valence-corrected chi connectivity index (χ2v) is 8.42. The van der Waals surface area contributed by atoms with Crippen molar-refractivity contribution in [1.82, 2.24) is 14.8 Å². The van der Waals surface area contributed by atoms with Gasteiger partial charge in [0, 0.05) is 5.56 Å². The number of aryl methyl sites for hydroxylation is 4. The van der Waals surface area contributed by atoms with Gasteiger partial charge in [-0.3, -0.25) is 9.36 Å². The van der Waals surface area contributed by atoms with Gasteiger partial charge in [-0.25, -0.2) is 0 Å². The van der Waals surface area contributed by atoms with E-state index in [1.54, 1.807) is 0 Å². The second-order valence-electron chi connectivity index (χ2n) is 7.11. The van der Waals surface area contributed by atoms with E-state index in [2.05, 4.69) is 41.4 Å². The highest BCUT2D eigenvalue weighted by molar-refractivity contribution is 8.00. The molecule has 0 radical (unpaired) electrons. The Bertz CT molecular complexity index is 1010. The van der Waals surface area contributed by atoms with Gasteiger partial charge in [0.1, 0.15) is 5.82 Å². The van der Waals surface area contributed by atoms with Crippen molar-refractivity contribution in [2.24, 2.45) is 0 Å². The molecular weight excluding hydrogens is 354 g/mol. The van der Waals surface area contributed by atoms with Gasteiger partial charge in [-0.2, -0.15) is 0 Å². The molecule has 2 aromatic carbocycles. The van der Waals surface area contributed by atoms with Crippen molar-refractivity contribution in [2.45, 2.75) is 50.4 Å². The van der Waals surface area contributed by atoms with Crippen LogP contribution in [0.4, 0.5) is 0 Å². The second kappa shape index (κ2) is 7.31. The molecule has 0 saturated heterocycles. The summed E-state index contributed by atoms with van der Waals surface area (Å²) in [5, 5.41) is 9.11. The number of benzene rings is 2. The van der Waals surface area contributed by atoms with E-state index in [9.17, 15) is 4.79 Å². The number of nitrogens with zero attached hydrogens (tertiary/aromatic N) is 3. The van der Waals surface area contributed by atoms with Gasteiger partial charge in [0.2, 0.25) is 0 Å². The number of carbonyl (C=O) groups excluding carboxylic acids is 1. The summed E-state index contributed by atoms with van der Waals surface area (Å²) >= 11 is 1.47. The molecule has 0 aliphatic heterocycles. The molecule has 0 amide bonds. The minimum atomic E-state index is -0.226. The standard InChI is InChI=1S/C22H23N3OS/c1-14-7-4-5-10-20(14)25-16(3)23-24-22(25)27-15(2)21(26)19-12-11-17-8-6-9-18(17)13-19/h4-5,7,10-13,15H,6,8-9H2,1-3H3. The molecule has 5 heteroatoms. The smallest absolute Gasteiger partial charge is 0.196 e. The lowest BCUT2D eigenvalue weighted by Crippen LogP contribution is -2.15. The van der Waals surface area contributed by atoms with E-state index in [0.717, 1.165) is 40.6 Å². The van der Waals surface area contributed by atoms with Crippen molar-refractivity contribution in [3.8, 4) is 5.69 Å². The average Bonchev–Trinajstić information content (AvgIpc) is 3.27. The quantitative estimate of drug-likeness (QED) is 0.476. The summed E-state index contributed by atoms with van der Waals surface area (Å²) < 4.78 is 2.03. The largest absolute Gasteiger partial charge is 0.293 e. The summed E-state index contributed by atoms with van der Waals surface area (Å²) in [6.45, 7) is 5.96. The van der Waals surface area contributed by atoms with Crippen molar-refractivity contribution in [1.29, 1.82) is 0 Å². The predicted octanol–water partition coefficient (Wildman–Crippen LogP) is 4.74.